The first-order valence-corrected chi connectivity index (χ1v) is 9.55. The largest absolute Gasteiger partial charge is 0.361 e. The van der Waals surface area contributed by atoms with Crippen LogP contribution >= 0.6 is 0 Å². The number of hydrogen-bond acceptors (Lipinski definition) is 5. The number of aromatic amines is 1. The van der Waals surface area contributed by atoms with Crippen molar-refractivity contribution in [3.8, 4) is 11.4 Å². The van der Waals surface area contributed by atoms with Gasteiger partial charge in [0.05, 0.1) is 0 Å². The number of benzene rings is 2. The molecule has 0 amide bonds. The summed E-state index contributed by atoms with van der Waals surface area (Å²) in [4.78, 5) is 24.9. The summed E-state index contributed by atoms with van der Waals surface area (Å²) in [5, 5.41) is 8.86. The molecule has 0 unspecified atom stereocenters. The van der Waals surface area contributed by atoms with Crippen LogP contribution < -0.4 is 5.32 Å². The van der Waals surface area contributed by atoms with Gasteiger partial charge in [0.2, 0.25) is 5.95 Å². The molecule has 7 heteroatoms. The molecule has 0 aliphatic heterocycles. The smallest absolute Gasteiger partial charge is 0.281 e. The van der Waals surface area contributed by atoms with Gasteiger partial charge in [-0.05, 0) is 53.4 Å². The van der Waals surface area contributed by atoms with Crippen LogP contribution in [0.15, 0.2) is 85.3 Å². The molecule has 0 spiro atoms. The predicted octanol–water partition coefficient (Wildman–Crippen LogP) is 4.12. The van der Waals surface area contributed by atoms with E-state index in [2.05, 4.69) is 31.4 Å². The van der Waals surface area contributed by atoms with Crippen molar-refractivity contribution < 1.29 is 4.79 Å². The quantitative estimate of drug-likeness (QED) is 0.468. The van der Waals surface area contributed by atoms with Crippen molar-refractivity contribution in [1.82, 2.24) is 24.7 Å². The van der Waals surface area contributed by atoms with Crippen molar-refractivity contribution in [2.75, 3.05) is 5.32 Å². The van der Waals surface area contributed by atoms with Gasteiger partial charge in [-0.1, -0.05) is 24.3 Å². The first kappa shape index (κ1) is 17.8. The van der Waals surface area contributed by atoms with Crippen molar-refractivity contribution in [3.63, 3.8) is 0 Å². The zero-order valence-electron chi connectivity index (χ0n) is 16.0. The predicted molar refractivity (Wildman–Crippen MR) is 115 cm³/mol. The van der Waals surface area contributed by atoms with Crippen molar-refractivity contribution in [2.24, 2.45) is 0 Å². The average molecular weight is 394 g/mol. The van der Waals surface area contributed by atoms with E-state index < -0.39 is 0 Å². The third-order valence-corrected chi connectivity index (χ3v) is 4.81. The number of aromatic nitrogens is 5. The first-order chi connectivity index (χ1) is 14.8. The number of anilines is 1. The Kier molecular flexibility index (Phi) is 4.53. The standard InChI is InChI=1S/C23H18N6O/c30-22(17-5-2-1-3-6-17)29-23(27-21(28-29)19-7-4-11-24-15-19)26-14-16-8-9-20-18(13-16)10-12-25-20/h1-13,15,25H,14H2,(H,26,27,28). The second kappa shape index (κ2) is 7.63. The molecule has 0 saturated carbocycles. The molecule has 146 valence electrons. The molecular formula is C23H18N6O. The highest BCUT2D eigenvalue weighted by atomic mass is 16.2. The fraction of sp³-hybridized carbons (Fsp3) is 0.0435. The molecule has 0 atom stereocenters. The molecule has 0 fully saturated rings. The lowest BCUT2D eigenvalue weighted by atomic mass is 10.1. The summed E-state index contributed by atoms with van der Waals surface area (Å²) in [6.45, 7) is 0.508. The van der Waals surface area contributed by atoms with Gasteiger partial charge < -0.3 is 10.3 Å². The lowest BCUT2D eigenvalue weighted by molar-refractivity contribution is 0.0947. The van der Waals surface area contributed by atoms with Gasteiger partial charge in [0, 0.05) is 41.8 Å². The Morgan fingerprint density at radius 2 is 1.93 bits per heavy atom. The van der Waals surface area contributed by atoms with E-state index in [-0.39, 0.29) is 5.91 Å². The third kappa shape index (κ3) is 3.44. The van der Waals surface area contributed by atoms with E-state index in [0.717, 1.165) is 22.0 Å². The van der Waals surface area contributed by atoms with Gasteiger partial charge in [-0.3, -0.25) is 9.78 Å². The molecule has 0 saturated heterocycles. The van der Waals surface area contributed by atoms with Gasteiger partial charge >= 0.3 is 0 Å². The van der Waals surface area contributed by atoms with Crippen molar-refractivity contribution >= 4 is 22.8 Å². The van der Waals surface area contributed by atoms with Gasteiger partial charge in [-0.15, -0.1) is 5.10 Å². The Hall–Kier alpha value is -4.26. The van der Waals surface area contributed by atoms with Crippen LogP contribution in [-0.4, -0.2) is 30.6 Å². The number of nitrogens with zero attached hydrogens (tertiary/aromatic N) is 4. The van der Waals surface area contributed by atoms with Crippen LogP contribution in [0.4, 0.5) is 5.95 Å². The Morgan fingerprint density at radius 1 is 1.03 bits per heavy atom. The molecule has 0 bridgehead atoms. The van der Waals surface area contributed by atoms with Crippen LogP contribution in [0.25, 0.3) is 22.3 Å². The van der Waals surface area contributed by atoms with Crippen LogP contribution in [0.1, 0.15) is 15.9 Å². The first-order valence-electron chi connectivity index (χ1n) is 9.55. The molecule has 3 heterocycles. The molecule has 0 aliphatic rings. The molecule has 7 nitrogen and oxygen atoms in total. The topological polar surface area (TPSA) is 88.5 Å². The maximum absolute atomic E-state index is 13.1. The maximum atomic E-state index is 13.1. The zero-order valence-corrected chi connectivity index (χ0v) is 16.0. The van der Waals surface area contributed by atoms with Gasteiger partial charge in [-0.2, -0.15) is 9.67 Å². The molecule has 2 aromatic carbocycles. The summed E-state index contributed by atoms with van der Waals surface area (Å²) in [7, 11) is 0. The number of pyridine rings is 1. The second-order valence-corrected chi connectivity index (χ2v) is 6.84. The van der Waals surface area contributed by atoms with E-state index in [1.54, 1.807) is 24.5 Å². The Labute approximate surface area is 172 Å². The van der Waals surface area contributed by atoms with Crippen molar-refractivity contribution in [2.45, 2.75) is 6.54 Å². The lowest BCUT2D eigenvalue weighted by Crippen LogP contribution is -2.17. The van der Waals surface area contributed by atoms with Gasteiger partial charge in [0.15, 0.2) is 5.82 Å². The fourth-order valence-electron chi connectivity index (χ4n) is 3.28. The summed E-state index contributed by atoms with van der Waals surface area (Å²) in [5.74, 6) is 0.578. The Morgan fingerprint density at radius 3 is 2.77 bits per heavy atom. The van der Waals surface area contributed by atoms with Gasteiger partial charge in [0.1, 0.15) is 0 Å². The van der Waals surface area contributed by atoms with E-state index in [1.807, 2.05) is 54.7 Å². The number of H-pyrrole nitrogens is 1. The Bertz CT molecular complexity index is 1310. The van der Waals surface area contributed by atoms with Crippen LogP contribution in [0.3, 0.4) is 0 Å². The molecule has 5 aromatic rings. The number of fused-ring (bicyclic) bond motifs is 1. The monoisotopic (exact) mass is 394 g/mol. The third-order valence-electron chi connectivity index (χ3n) is 4.81. The number of carbonyl (C=O) groups excluding carboxylic acids is 1. The van der Waals surface area contributed by atoms with E-state index in [1.165, 1.54) is 4.68 Å². The van der Waals surface area contributed by atoms with Crippen LogP contribution in [0.5, 0.6) is 0 Å². The van der Waals surface area contributed by atoms with Crippen molar-refractivity contribution in [3.05, 3.63) is 96.4 Å². The normalized spacial score (nSPS) is 10.9. The highest BCUT2D eigenvalue weighted by molar-refractivity contribution is 5.97. The minimum absolute atomic E-state index is 0.248. The molecule has 0 aliphatic carbocycles. The summed E-state index contributed by atoms with van der Waals surface area (Å²) in [5.41, 5.74) is 3.44. The summed E-state index contributed by atoms with van der Waals surface area (Å²) >= 11 is 0. The number of rotatable bonds is 5. The number of hydrogen-bond donors (Lipinski definition) is 2. The summed E-state index contributed by atoms with van der Waals surface area (Å²) < 4.78 is 1.31. The van der Waals surface area contributed by atoms with Crippen LogP contribution in [0.2, 0.25) is 0 Å². The van der Waals surface area contributed by atoms with Crippen LogP contribution in [-0.2, 0) is 6.54 Å². The summed E-state index contributed by atoms with van der Waals surface area (Å²) in [6, 6.07) is 20.9. The van der Waals surface area contributed by atoms with Gasteiger partial charge in [-0.25, -0.2) is 0 Å². The minimum atomic E-state index is -0.248. The Balaban J connectivity index is 1.48. The highest BCUT2D eigenvalue weighted by Gasteiger charge is 2.18. The van der Waals surface area contributed by atoms with E-state index in [9.17, 15) is 4.79 Å². The molecule has 30 heavy (non-hydrogen) atoms. The lowest BCUT2D eigenvalue weighted by Gasteiger charge is -2.07. The number of nitrogens with one attached hydrogen (secondary N) is 2. The van der Waals surface area contributed by atoms with E-state index in [4.69, 9.17) is 0 Å². The van der Waals surface area contributed by atoms with E-state index in [0.29, 0.717) is 23.9 Å². The highest BCUT2D eigenvalue weighted by Crippen LogP contribution is 2.20. The van der Waals surface area contributed by atoms with Crippen molar-refractivity contribution in [1.29, 1.82) is 0 Å². The zero-order chi connectivity index (χ0) is 20.3. The minimum Gasteiger partial charge on any atom is -0.361 e. The molecule has 2 N–H and O–H groups in total. The average Bonchev–Trinajstić information content (AvgIpc) is 3.45. The van der Waals surface area contributed by atoms with E-state index >= 15 is 0 Å². The maximum Gasteiger partial charge on any atom is 0.281 e. The second-order valence-electron chi connectivity index (χ2n) is 6.84. The fourth-order valence-corrected chi connectivity index (χ4v) is 3.28. The SMILES string of the molecule is O=C(c1ccccc1)n1nc(-c2cccnc2)nc1NCc1ccc2[nH]ccc2c1. The number of carbonyl (C=O) groups is 1. The summed E-state index contributed by atoms with van der Waals surface area (Å²) in [6.07, 6.45) is 5.28. The van der Waals surface area contributed by atoms with Gasteiger partial charge in [0.25, 0.3) is 5.91 Å². The molecule has 0 radical (unpaired) electrons. The van der Waals surface area contributed by atoms with Crippen LogP contribution in [0, 0.1) is 0 Å². The molecular weight excluding hydrogens is 376 g/mol. The molecule has 3 aromatic heterocycles. The molecule has 5 rings (SSSR count).